The van der Waals surface area contributed by atoms with Crippen LogP contribution < -0.4 is 5.32 Å². The number of rotatable bonds is 6. The molecule has 0 aromatic heterocycles. The van der Waals surface area contributed by atoms with Gasteiger partial charge in [0.05, 0.1) is 0 Å². The zero-order chi connectivity index (χ0) is 15.4. The van der Waals surface area contributed by atoms with E-state index >= 15 is 0 Å². The summed E-state index contributed by atoms with van der Waals surface area (Å²) in [5, 5.41) is 3.39. The highest BCUT2D eigenvalue weighted by molar-refractivity contribution is 6.50. The lowest BCUT2D eigenvalue weighted by Gasteiger charge is -2.22. The van der Waals surface area contributed by atoms with Gasteiger partial charge in [0.25, 0.3) is 0 Å². The van der Waals surface area contributed by atoms with E-state index in [-0.39, 0.29) is 6.04 Å². The molecular weight excluding hydrogens is 262 g/mol. The van der Waals surface area contributed by atoms with E-state index in [0.29, 0.717) is 11.5 Å². The molecule has 0 saturated carbocycles. The Morgan fingerprint density at radius 3 is 2.33 bits per heavy atom. The molecule has 112 valence electrons. The summed E-state index contributed by atoms with van der Waals surface area (Å²) < 4.78 is 0. The summed E-state index contributed by atoms with van der Waals surface area (Å²) in [6, 6.07) is 7.57. The molecule has 0 amide bonds. The van der Waals surface area contributed by atoms with Gasteiger partial charge in [-0.2, -0.15) is 0 Å². The Morgan fingerprint density at radius 2 is 1.67 bits per heavy atom. The van der Waals surface area contributed by atoms with Crippen molar-refractivity contribution in [1.82, 2.24) is 5.32 Å². The molecule has 21 heavy (non-hydrogen) atoms. The van der Waals surface area contributed by atoms with Crippen molar-refractivity contribution in [1.29, 1.82) is 0 Å². The molecule has 1 aliphatic carbocycles. The second-order valence-corrected chi connectivity index (χ2v) is 6.17. The Bertz CT molecular complexity index is 572. The molecule has 3 heteroatoms. The summed E-state index contributed by atoms with van der Waals surface area (Å²) >= 11 is 0. The summed E-state index contributed by atoms with van der Waals surface area (Å²) in [5.41, 5.74) is 2.10. The monoisotopic (exact) mass is 285 g/mol. The number of Topliss-reactive ketones (excluding diaryl/α,β-unsaturated/α-hetero) is 1. The summed E-state index contributed by atoms with van der Waals surface area (Å²) in [4.78, 5) is 23.7. The lowest BCUT2D eigenvalue weighted by atomic mass is 9.92. The molecule has 0 radical (unpaired) electrons. The minimum atomic E-state index is -0.439. The molecule has 0 saturated heterocycles. The molecule has 0 aliphatic heterocycles. The van der Waals surface area contributed by atoms with E-state index in [4.69, 9.17) is 0 Å². The predicted molar refractivity (Wildman–Crippen MR) is 85.0 cm³/mol. The van der Waals surface area contributed by atoms with Gasteiger partial charge in [0.15, 0.2) is 0 Å². The van der Waals surface area contributed by atoms with Crippen LogP contribution in [-0.4, -0.2) is 17.6 Å². The van der Waals surface area contributed by atoms with E-state index < -0.39 is 11.6 Å². The fraction of sp³-hybridized carbons (Fsp3) is 0.444. The van der Waals surface area contributed by atoms with Crippen LogP contribution in [-0.2, 0) is 4.79 Å². The van der Waals surface area contributed by atoms with E-state index in [0.717, 1.165) is 24.1 Å². The predicted octanol–water partition coefficient (Wildman–Crippen LogP) is 3.60. The molecular formula is C18H23NO2. The highest BCUT2D eigenvalue weighted by Crippen LogP contribution is 2.24. The second-order valence-electron chi connectivity index (χ2n) is 6.17. The molecule has 1 aromatic rings. The number of nitrogens with one attached hydrogen (secondary N) is 1. The molecule has 0 heterocycles. The summed E-state index contributed by atoms with van der Waals surface area (Å²) in [6.07, 6.45) is 4.86. The first-order valence-electron chi connectivity index (χ1n) is 7.65. The number of fused-ring (bicyclic) bond motifs is 1. The van der Waals surface area contributed by atoms with E-state index in [1.165, 1.54) is 12.5 Å². The van der Waals surface area contributed by atoms with Gasteiger partial charge in [-0.3, -0.25) is 9.59 Å². The Kier molecular flexibility index (Phi) is 4.94. The average Bonchev–Trinajstić information content (AvgIpc) is 2.44. The number of benzene rings is 1. The lowest BCUT2D eigenvalue weighted by molar-refractivity contribution is -0.111. The second kappa shape index (κ2) is 6.70. The third kappa shape index (κ3) is 3.81. The van der Waals surface area contributed by atoms with Crippen LogP contribution in [0.4, 0.5) is 0 Å². The minimum Gasteiger partial charge on any atom is -0.382 e. The molecule has 2 rings (SSSR count). The van der Waals surface area contributed by atoms with Crippen LogP contribution in [0.15, 0.2) is 30.3 Å². The largest absolute Gasteiger partial charge is 0.382 e. The van der Waals surface area contributed by atoms with Gasteiger partial charge in [-0.1, -0.05) is 51.0 Å². The van der Waals surface area contributed by atoms with Crippen molar-refractivity contribution in [2.24, 2.45) is 5.92 Å². The minimum absolute atomic E-state index is 0.282. The Balaban J connectivity index is 2.07. The average molecular weight is 285 g/mol. The van der Waals surface area contributed by atoms with Crippen molar-refractivity contribution >= 4 is 17.3 Å². The van der Waals surface area contributed by atoms with Crippen LogP contribution in [0.1, 0.15) is 56.0 Å². The van der Waals surface area contributed by atoms with Crippen molar-refractivity contribution in [2.45, 2.75) is 46.1 Å². The maximum atomic E-state index is 11.9. The Labute approximate surface area is 126 Å². The van der Waals surface area contributed by atoms with Crippen molar-refractivity contribution in [3.8, 4) is 0 Å². The van der Waals surface area contributed by atoms with Crippen molar-refractivity contribution < 1.29 is 9.59 Å². The van der Waals surface area contributed by atoms with Crippen LogP contribution in [0.5, 0.6) is 0 Å². The first kappa shape index (κ1) is 15.5. The molecule has 0 spiro atoms. The van der Waals surface area contributed by atoms with Gasteiger partial charge >= 0.3 is 0 Å². The Morgan fingerprint density at radius 1 is 1.00 bits per heavy atom. The number of carbonyl (C=O) groups is 2. The third-order valence-corrected chi connectivity index (χ3v) is 3.78. The van der Waals surface area contributed by atoms with Crippen molar-refractivity contribution in [2.75, 3.05) is 0 Å². The van der Waals surface area contributed by atoms with Crippen LogP contribution in [0.3, 0.4) is 0 Å². The molecule has 0 unspecified atom stereocenters. The van der Waals surface area contributed by atoms with Crippen LogP contribution in [0.25, 0.3) is 5.70 Å². The highest BCUT2D eigenvalue weighted by Gasteiger charge is 2.25. The topological polar surface area (TPSA) is 46.2 Å². The maximum Gasteiger partial charge on any atom is 0.233 e. The number of allylic oxidation sites excluding steroid dienone is 1. The normalized spacial score (nSPS) is 15.7. The zero-order valence-electron chi connectivity index (χ0n) is 13.0. The summed E-state index contributed by atoms with van der Waals surface area (Å²) in [5.74, 6) is -0.139. The number of hydrogen-bond acceptors (Lipinski definition) is 3. The standard InChI is InChI=1S/C18H23NO2/c1-12(2)7-6-8-13(3)19-16-11-17(20)18(21)15-10-5-4-9-14(15)16/h4-5,9-13,19H,6-8H2,1-3H3/t13-/m0/s1. The zero-order valence-corrected chi connectivity index (χ0v) is 13.0. The van der Waals surface area contributed by atoms with Gasteiger partial charge in [0, 0.05) is 28.9 Å². The first-order valence-corrected chi connectivity index (χ1v) is 7.65. The molecule has 3 nitrogen and oxygen atoms in total. The van der Waals surface area contributed by atoms with Gasteiger partial charge in [-0.25, -0.2) is 0 Å². The number of carbonyl (C=O) groups excluding carboxylic acids is 2. The number of hydrogen-bond donors (Lipinski definition) is 1. The third-order valence-electron chi connectivity index (χ3n) is 3.78. The summed E-state index contributed by atoms with van der Waals surface area (Å²) in [7, 11) is 0. The highest BCUT2D eigenvalue weighted by atomic mass is 16.2. The van der Waals surface area contributed by atoms with Gasteiger partial charge in [0.1, 0.15) is 0 Å². The van der Waals surface area contributed by atoms with Crippen LogP contribution in [0.2, 0.25) is 0 Å². The maximum absolute atomic E-state index is 11.9. The van der Waals surface area contributed by atoms with Crippen molar-refractivity contribution in [3.63, 3.8) is 0 Å². The van der Waals surface area contributed by atoms with Crippen LogP contribution >= 0.6 is 0 Å². The summed E-state index contributed by atoms with van der Waals surface area (Å²) in [6.45, 7) is 6.56. The SMILES string of the molecule is CC(C)CCC[C@H](C)NC1=CC(=O)C(=O)c2ccccc21. The lowest BCUT2D eigenvalue weighted by Crippen LogP contribution is -2.29. The van der Waals surface area contributed by atoms with Gasteiger partial charge < -0.3 is 5.32 Å². The van der Waals surface area contributed by atoms with E-state index in [2.05, 4.69) is 26.1 Å². The van der Waals surface area contributed by atoms with E-state index in [9.17, 15) is 9.59 Å². The molecule has 1 N–H and O–H groups in total. The van der Waals surface area contributed by atoms with E-state index in [1.54, 1.807) is 12.1 Å². The van der Waals surface area contributed by atoms with Crippen LogP contribution in [0, 0.1) is 5.92 Å². The quantitative estimate of drug-likeness (QED) is 0.812. The number of ketones is 2. The fourth-order valence-corrected chi connectivity index (χ4v) is 2.61. The smallest absolute Gasteiger partial charge is 0.233 e. The van der Waals surface area contributed by atoms with Gasteiger partial charge in [0.2, 0.25) is 11.6 Å². The molecule has 1 aromatic carbocycles. The van der Waals surface area contributed by atoms with Gasteiger partial charge in [-0.15, -0.1) is 0 Å². The first-order chi connectivity index (χ1) is 9.99. The molecule has 0 fully saturated rings. The Hall–Kier alpha value is -1.90. The van der Waals surface area contributed by atoms with Crippen molar-refractivity contribution in [3.05, 3.63) is 41.5 Å². The van der Waals surface area contributed by atoms with Gasteiger partial charge in [-0.05, 0) is 19.3 Å². The fourth-order valence-electron chi connectivity index (χ4n) is 2.61. The van der Waals surface area contributed by atoms with E-state index in [1.807, 2.05) is 12.1 Å². The molecule has 1 aliphatic rings. The molecule has 0 bridgehead atoms. The molecule has 1 atom stereocenters.